The molecule has 5 heteroatoms. The fourth-order valence-electron chi connectivity index (χ4n) is 3.75. The van der Waals surface area contributed by atoms with Crippen LogP contribution >= 0.6 is 0 Å². The molecule has 3 fully saturated rings. The number of carbonyl (C=O) groups excluding carboxylic acids is 1. The molecule has 2 aliphatic heterocycles. The van der Waals surface area contributed by atoms with Crippen LogP contribution in [-0.4, -0.2) is 49.8 Å². The van der Waals surface area contributed by atoms with E-state index in [9.17, 15) is 4.79 Å². The maximum atomic E-state index is 12.3. The number of rotatable bonds is 4. The van der Waals surface area contributed by atoms with Gasteiger partial charge in [0.05, 0.1) is 6.61 Å². The Morgan fingerprint density at radius 1 is 1.27 bits per heavy atom. The van der Waals surface area contributed by atoms with Gasteiger partial charge in [-0.25, -0.2) is 4.79 Å². The van der Waals surface area contributed by atoms with Crippen molar-refractivity contribution in [3.63, 3.8) is 0 Å². The molecule has 118 valence electrons. The number of hydrogen-bond donors (Lipinski definition) is 2. The summed E-state index contributed by atoms with van der Waals surface area (Å²) in [4.78, 5) is 14.2. The zero-order valence-corrected chi connectivity index (χ0v) is 12.7. The number of piperidine rings is 1. The van der Waals surface area contributed by atoms with E-state index in [1.807, 2.05) is 35.2 Å². The Balaban J connectivity index is 1.21. The van der Waals surface area contributed by atoms with Crippen LogP contribution in [-0.2, 0) is 0 Å². The fourth-order valence-corrected chi connectivity index (χ4v) is 3.75. The van der Waals surface area contributed by atoms with Crippen LogP contribution in [0, 0.1) is 17.8 Å². The summed E-state index contributed by atoms with van der Waals surface area (Å²) < 4.78 is 5.81. The minimum Gasteiger partial charge on any atom is -0.493 e. The maximum Gasteiger partial charge on any atom is 0.317 e. The van der Waals surface area contributed by atoms with E-state index in [1.165, 1.54) is 0 Å². The Morgan fingerprint density at radius 3 is 2.82 bits per heavy atom. The van der Waals surface area contributed by atoms with Crippen molar-refractivity contribution in [2.24, 2.45) is 17.8 Å². The van der Waals surface area contributed by atoms with Gasteiger partial charge in [0.15, 0.2) is 0 Å². The Hall–Kier alpha value is -1.75. The number of nitrogens with one attached hydrogen (secondary N) is 2. The molecular weight excluding hydrogens is 278 g/mol. The lowest BCUT2D eigenvalue weighted by atomic mass is 10.1. The second-order valence-electron chi connectivity index (χ2n) is 6.69. The minimum absolute atomic E-state index is 0.113. The largest absolute Gasteiger partial charge is 0.493 e. The van der Waals surface area contributed by atoms with E-state index in [2.05, 4.69) is 10.6 Å². The molecule has 3 aliphatic rings. The van der Waals surface area contributed by atoms with Crippen molar-refractivity contribution >= 4 is 6.03 Å². The second-order valence-corrected chi connectivity index (χ2v) is 6.69. The van der Waals surface area contributed by atoms with Crippen molar-refractivity contribution in [3.8, 4) is 5.75 Å². The third-order valence-corrected chi connectivity index (χ3v) is 5.18. The first kappa shape index (κ1) is 13.9. The molecule has 2 N–H and O–H groups in total. The average Bonchev–Trinajstić information content (AvgIpc) is 2.97. The first-order chi connectivity index (χ1) is 10.8. The Bertz CT molecular complexity index is 526. The SMILES string of the molecule is O=C(NC1[C@H]2CNC[C@@H]12)N1CCC(COc2ccccc2)C1. The minimum atomic E-state index is 0.113. The van der Waals surface area contributed by atoms with Crippen LogP contribution in [0.1, 0.15) is 6.42 Å². The summed E-state index contributed by atoms with van der Waals surface area (Å²) in [6.45, 7) is 4.45. The summed E-state index contributed by atoms with van der Waals surface area (Å²) >= 11 is 0. The van der Waals surface area contributed by atoms with E-state index in [0.717, 1.165) is 38.3 Å². The van der Waals surface area contributed by atoms with Gasteiger partial charge < -0.3 is 20.3 Å². The van der Waals surface area contributed by atoms with Crippen molar-refractivity contribution in [2.75, 3.05) is 32.8 Å². The van der Waals surface area contributed by atoms with Crippen LogP contribution in [0.3, 0.4) is 0 Å². The quantitative estimate of drug-likeness (QED) is 0.882. The van der Waals surface area contributed by atoms with Crippen LogP contribution in [0.25, 0.3) is 0 Å². The van der Waals surface area contributed by atoms with Crippen LogP contribution in [0.2, 0.25) is 0 Å². The van der Waals surface area contributed by atoms with E-state index in [4.69, 9.17) is 4.74 Å². The van der Waals surface area contributed by atoms with Gasteiger partial charge in [-0.3, -0.25) is 0 Å². The molecule has 0 spiro atoms. The normalized spacial score (nSPS) is 32.6. The number of nitrogens with zero attached hydrogens (tertiary/aromatic N) is 1. The fraction of sp³-hybridized carbons (Fsp3) is 0.588. The van der Waals surface area contributed by atoms with Gasteiger partial charge in [0, 0.05) is 38.1 Å². The van der Waals surface area contributed by atoms with Gasteiger partial charge in [-0.1, -0.05) is 18.2 Å². The Labute approximate surface area is 131 Å². The number of amides is 2. The third kappa shape index (κ3) is 2.77. The first-order valence-corrected chi connectivity index (χ1v) is 8.25. The number of hydrogen-bond acceptors (Lipinski definition) is 3. The molecule has 2 unspecified atom stereocenters. The molecule has 2 heterocycles. The molecule has 2 amide bonds. The van der Waals surface area contributed by atoms with Gasteiger partial charge in [0.2, 0.25) is 0 Å². The van der Waals surface area contributed by atoms with Crippen LogP contribution in [0.15, 0.2) is 30.3 Å². The number of benzene rings is 1. The molecule has 1 aliphatic carbocycles. The van der Waals surface area contributed by atoms with Crippen molar-refractivity contribution in [3.05, 3.63) is 30.3 Å². The molecular formula is C17H23N3O2. The molecule has 4 rings (SSSR count). The predicted octanol–water partition coefficient (Wildman–Crippen LogP) is 1.31. The number of urea groups is 1. The Kier molecular flexibility index (Phi) is 3.66. The molecule has 4 atom stereocenters. The first-order valence-electron chi connectivity index (χ1n) is 8.25. The molecule has 0 radical (unpaired) electrons. The molecule has 0 aromatic heterocycles. The number of para-hydroxylation sites is 1. The zero-order chi connectivity index (χ0) is 14.9. The van der Waals surface area contributed by atoms with Crippen molar-refractivity contribution in [1.29, 1.82) is 0 Å². The van der Waals surface area contributed by atoms with Gasteiger partial charge in [0.25, 0.3) is 0 Å². The average molecular weight is 301 g/mol. The highest BCUT2D eigenvalue weighted by atomic mass is 16.5. The van der Waals surface area contributed by atoms with E-state index in [0.29, 0.717) is 30.4 Å². The molecule has 0 bridgehead atoms. The summed E-state index contributed by atoms with van der Waals surface area (Å²) in [7, 11) is 0. The lowest BCUT2D eigenvalue weighted by Crippen LogP contribution is -2.42. The maximum absolute atomic E-state index is 12.3. The van der Waals surface area contributed by atoms with Gasteiger partial charge in [-0.2, -0.15) is 0 Å². The smallest absolute Gasteiger partial charge is 0.317 e. The topological polar surface area (TPSA) is 53.6 Å². The van der Waals surface area contributed by atoms with Gasteiger partial charge in [-0.05, 0) is 30.4 Å². The summed E-state index contributed by atoms with van der Waals surface area (Å²) in [5.41, 5.74) is 0. The van der Waals surface area contributed by atoms with Crippen molar-refractivity contribution < 1.29 is 9.53 Å². The summed E-state index contributed by atoms with van der Waals surface area (Å²) in [5, 5.41) is 6.55. The van der Waals surface area contributed by atoms with Crippen molar-refractivity contribution in [2.45, 2.75) is 12.5 Å². The van der Waals surface area contributed by atoms with E-state index >= 15 is 0 Å². The Morgan fingerprint density at radius 2 is 2.05 bits per heavy atom. The lowest BCUT2D eigenvalue weighted by Gasteiger charge is -2.18. The summed E-state index contributed by atoms with van der Waals surface area (Å²) in [5.74, 6) is 2.68. The molecule has 1 saturated carbocycles. The summed E-state index contributed by atoms with van der Waals surface area (Å²) in [6, 6.07) is 10.4. The highest BCUT2D eigenvalue weighted by Gasteiger charge is 2.54. The van der Waals surface area contributed by atoms with Gasteiger partial charge in [-0.15, -0.1) is 0 Å². The lowest BCUT2D eigenvalue weighted by molar-refractivity contribution is 0.200. The highest BCUT2D eigenvalue weighted by molar-refractivity contribution is 5.75. The zero-order valence-electron chi connectivity index (χ0n) is 12.7. The number of ether oxygens (including phenoxy) is 1. The molecule has 2 saturated heterocycles. The standard InChI is InChI=1S/C17H23N3O2/c21-17(19-16-14-8-18-9-15(14)16)20-7-6-12(10-20)11-22-13-4-2-1-3-5-13/h1-5,12,14-16,18H,6-11H2,(H,19,21)/t12?,14-,15+,16?. The second kappa shape index (κ2) is 5.80. The molecule has 22 heavy (non-hydrogen) atoms. The summed E-state index contributed by atoms with van der Waals surface area (Å²) in [6.07, 6.45) is 1.03. The molecule has 1 aromatic carbocycles. The third-order valence-electron chi connectivity index (χ3n) is 5.18. The molecule has 1 aromatic rings. The van der Waals surface area contributed by atoms with Crippen molar-refractivity contribution in [1.82, 2.24) is 15.5 Å². The monoisotopic (exact) mass is 301 g/mol. The number of carbonyl (C=O) groups is 1. The predicted molar refractivity (Wildman–Crippen MR) is 83.8 cm³/mol. The van der Waals surface area contributed by atoms with Crippen LogP contribution in [0.5, 0.6) is 5.75 Å². The van der Waals surface area contributed by atoms with E-state index < -0.39 is 0 Å². The number of likely N-dealkylation sites (tertiary alicyclic amines) is 1. The van der Waals surface area contributed by atoms with E-state index in [1.54, 1.807) is 0 Å². The molecule has 5 nitrogen and oxygen atoms in total. The van der Waals surface area contributed by atoms with Crippen LogP contribution < -0.4 is 15.4 Å². The number of fused-ring (bicyclic) bond motifs is 1. The van der Waals surface area contributed by atoms with Gasteiger partial charge in [0.1, 0.15) is 5.75 Å². The van der Waals surface area contributed by atoms with Gasteiger partial charge >= 0.3 is 6.03 Å². The van der Waals surface area contributed by atoms with E-state index in [-0.39, 0.29) is 6.03 Å². The van der Waals surface area contributed by atoms with Crippen LogP contribution in [0.4, 0.5) is 4.79 Å². The highest BCUT2D eigenvalue weighted by Crippen LogP contribution is 2.41.